The van der Waals surface area contributed by atoms with Crippen LogP contribution in [0.4, 0.5) is 0 Å². The van der Waals surface area contributed by atoms with Crippen molar-refractivity contribution in [1.82, 2.24) is 5.32 Å². The van der Waals surface area contributed by atoms with Crippen LogP contribution in [0.15, 0.2) is 0 Å². The van der Waals surface area contributed by atoms with Gasteiger partial charge in [0.2, 0.25) is 0 Å². The van der Waals surface area contributed by atoms with E-state index in [0.29, 0.717) is 0 Å². The molecule has 0 radical (unpaired) electrons. The van der Waals surface area contributed by atoms with E-state index in [1.807, 2.05) is 0 Å². The predicted octanol–water partition coefficient (Wildman–Crippen LogP) is 2.97. The molecule has 1 aliphatic rings. The molecule has 1 fully saturated rings. The first kappa shape index (κ1) is 13.0. The van der Waals surface area contributed by atoms with Gasteiger partial charge in [0.25, 0.3) is 0 Å². The van der Waals surface area contributed by atoms with Crippen LogP contribution in [-0.2, 0) is 4.74 Å². The van der Waals surface area contributed by atoms with Crippen molar-refractivity contribution in [3.8, 4) is 0 Å². The van der Waals surface area contributed by atoms with Crippen LogP contribution in [0.5, 0.6) is 0 Å². The van der Waals surface area contributed by atoms with E-state index >= 15 is 0 Å². The summed E-state index contributed by atoms with van der Waals surface area (Å²) in [5.74, 6) is 0.917. The first-order chi connectivity index (χ1) is 7.38. The van der Waals surface area contributed by atoms with Gasteiger partial charge < -0.3 is 10.1 Å². The zero-order valence-electron chi connectivity index (χ0n) is 10.4. The molecule has 0 aromatic rings. The molecule has 0 heterocycles. The molecular formula is C13H27NO. The second-order valence-corrected chi connectivity index (χ2v) is 4.63. The van der Waals surface area contributed by atoms with Gasteiger partial charge in [-0.3, -0.25) is 0 Å². The maximum Gasteiger partial charge on any atom is 0.0591 e. The Labute approximate surface area is 94.8 Å². The molecule has 0 saturated heterocycles. The Hall–Kier alpha value is -0.0800. The summed E-state index contributed by atoms with van der Waals surface area (Å²) in [6, 6.07) is 0.768. The molecule has 15 heavy (non-hydrogen) atoms. The average Bonchev–Trinajstić information content (AvgIpc) is 2.70. The first-order valence-electron chi connectivity index (χ1n) is 6.69. The smallest absolute Gasteiger partial charge is 0.0591 e. The van der Waals surface area contributed by atoms with E-state index in [0.717, 1.165) is 31.7 Å². The SMILES string of the molecule is CCCCOCCNC1CCCC1CC. The molecule has 0 aromatic carbocycles. The van der Waals surface area contributed by atoms with Crippen molar-refractivity contribution in [3.05, 3.63) is 0 Å². The molecule has 2 nitrogen and oxygen atoms in total. The molecule has 0 aliphatic heterocycles. The minimum absolute atomic E-state index is 0.768. The fourth-order valence-corrected chi connectivity index (χ4v) is 2.46. The van der Waals surface area contributed by atoms with Gasteiger partial charge in [0.15, 0.2) is 0 Å². The topological polar surface area (TPSA) is 21.3 Å². The van der Waals surface area contributed by atoms with Crippen LogP contribution < -0.4 is 5.32 Å². The molecule has 0 bridgehead atoms. The Kier molecular flexibility index (Phi) is 7.03. The highest BCUT2D eigenvalue weighted by molar-refractivity contribution is 4.81. The summed E-state index contributed by atoms with van der Waals surface area (Å²) >= 11 is 0. The number of hydrogen-bond acceptors (Lipinski definition) is 2. The highest BCUT2D eigenvalue weighted by atomic mass is 16.5. The number of hydrogen-bond donors (Lipinski definition) is 1. The fourth-order valence-electron chi connectivity index (χ4n) is 2.46. The van der Waals surface area contributed by atoms with Gasteiger partial charge in [0, 0.05) is 19.2 Å². The van der Waals surface area contributed by atoms with Gasteiger partial charge in [0.05, 0.1) is 6.61 Å². The van der Waals surface area contributed by atoms with Crippen LogP contribution in [0.1, 0.15) is 52.4 Å². The van der Waals surface area contributed by atoms with E-state index in [4.69, 9.17) is 4.74 Å². The van der Waals surface area contributed by atoms with E-state index in [9.17, 15) is 0 Å². The zero-order chi connectivity index (χ0) is 10.9. The molecular weight excluding hydrogens is 186 g/mol. The van der Waals surface area contributed by atoms with E-state index in [1.165, 1.54) is 38.5 Å². The van der Waals surface area contributed by atoms with Crippen molar-refractivity contribution in [1.29, 1.82) is 0 Å². The summed E-state index contributed by atoms with van der Waals surface area (Å²) in [7, 11) is 0. The third-order valence-corrected chi connectivity index (χ3v) is 3.48. The number of rotatable bonds is 8. The summed E-state index contributed by atoms with van der Waals surface area (Å²) in [6.07, 6.45) is 7.95. The van der Waals surface area contributed by atoms with Gasteiger partial charge in [-0.25, -0.2) is 0 Å². The Bertz CT molecular complexity index is 149. The van der Waals surface area contributed by atoms with Crippen molar-refractivity contribution >= 4 is 0 Å². The standard InChI is InChI=1S/C13H27NO/c1-3-5-10-15-11-9-14-13-8-6-7-12(13)4-2/h12-14H,3-11H2,1-2H3. The van der Waals surface area contributed by atoms with E-state index in [1.54, 1.807) is 0 Å². The van der Waals surface area contributed by atoms with Crippen molar-refractivity contribution in [2.75, 3.05) is 19.8 Å². The molecule has 1 N–H and O–H groups in total. The zero-order valence-corrected chi connectivity index (χ0v) is 10.4. The highest BCUT2D eigenvalue weighted by Gasteiger charge is 2.24. The summed E-state index contributed by atoms with van der Waals surface area (Å²) in [6.45, 7) is 7.35. The Morgan fingerprint density at radius 3 is 2.80 bits per heavy atom. The lowest BCUT2D eigenvalue weighted by Gasteiger charge is -2.19. The number of unbranched alkanes of at least 4 members (excludes halogenated alkanes) is 1. The van der Waals surface area contributed by atoms with Crippen LogP contribution in [0.2, 0.25) is 0 Å². The molecule has 1 aliphatic carbocycles. The summed E-state index contributed by atoms with van der Waals surface area (Å²) in [5.41, 5.74) is 0. The van der Waals surface area contributed by atoms with Gasteiger partial charge in [0.1, 0.15) is 0 Å². The van der Waals surface area contributed by atoms with E-state index in [2.05, 4.69) is 19.2 Å². The lowest BCUT2D eigenvalue weighted by atomic mass is 10.0. The maximum atomic E-state index is 5.54. The second-order valence-electron chi connectivity index (χ2n) is 4.63. The molecule has 2 heteroatoms. The monoisotopic (exact) mass is 213 g/mol. The normalized spacial score (nSPS) is 26.0. The summed E-state index contributed by atoms with van der Waals surface area (Å²) in [5, 5.41) is 3.63. The third kappa shape index (κ3) is 4.98. The van der Waals surface area contributed by atoms with Crippen LogP contribution in [0.25, 0.3) is 0 Å². The Morgan fingerprint density at radius 1 is 1.20 bits per heavy atom. The van der Waals surface area contributed by atoms with Crippen molar-refractivity contribution in [2.45, 2.75) is 58.4 Å². The van der Waals surface area contributed by atoms with Crippen LogP contribution in [0.3, 0.4) is 0 Å². The fraction of sp³-hybridized carbons (Fsp3) is 1.00. The molecule has 1 saturated carbocycles. The van der Waals surface area contributed by atoms with Crippen LogP contribution in [-0.4, -0.2) is 25.8 Å². The molecule has 0 amide bonds. The Morgan fingerprint density at radius 2 is 2.07 bits per heavy atom. The lowest BCUT2D eigenvalue weighted by molar-refractivity contribution is 0.129. The molecule has 1 rings (SSSR count). The highest BCUT2D eigenvalue weighted by Crippen LogP contribution is 2.27. The van der Waals surface area contributed by atoms with Crippen molar-refractivity contribution in [3.63, 3.8) is 0 Å². The summed E-state index contributed by atoms with van der Waals surface area (Å²) in [4.78, 5) is 0. The van der Waals surface area contributed by atoms with Gasteiger partial charge in [-0.2, -0.15) is 0 Å². The molecule has 0 spiro atoms. The predicted molar refractivity (Wildman–Crippen MR) is 65.1 cm³/mol. The van der Waals surface area contributed by atoms with Crippen molar-refractivity contribution in [2.24, 2.45) is 5.92 Å². The van der Waals surface area contributed by atoms with Crippen LogP contribution >= 0.6 is 0 Å². The van der Waals surface area contributed by atoms with Gasteiger partial charge in [-0.1, -0.05) is 33.1 Å². The van der Waals surface area contributed by atoms with E-state index in [-0.39, 0.29) is 0 Å². The summed E-state index contributed by atoms with van der Waals surface area (Å²) < 4.78 is 5.54. The third-order valence-electron chi connectivity index (χ3n) is 3.48. The minimum Gasteiger partial charge on any atom is -0.380 e. The number of ether oxygens (including phenoxy) is 1. The average molecular weight is 213 g/mol. The van der Waals surface area contributed by atoms with E-state index < -0.39 is 0 Å². The maximum absolute atomic E-state index is 5.54. The molecule has 2 unspecified atom stereocenters. The second kappa shape index (κ2) is 8.12. The quantitative estimate of drug-likeness (QED) is 0.626. The minimum atomic E-state index is 0.768. The van der Waals surface area contributed by atoms with Crippen LogP contribution in [0, 0.1) is 5.92 Å². The van der Waals surface area contributed by atoms with Gasteiger partial charge in [-0.05, 0) is 25.2 Å². The molecule has 90 valence electrons. The largest absolute Gasteiger partial charge is 0.380 e. The van der Waals surface area contributed by atoms with Gasteiger partial charge in [-0.15, -0.1) is 0 Å². The molecule has 0 aromatic heterocycles. The lowest BCUT2D eigenvalue weighted by Crippen LogP contribution is -2.34. The first-order valence-corrected chi connectivity index (χ1v) is 6.69. The Balaban J connectivity index is 1.95. The molecule has 2 atom stereocenters. The number of nitrogens with one attached hydrogen (secondary N) is 1. The van der Waals surface area contributed by atoms with Crippen molar-refractivity contribution < 1.29 is 4.74 Å². The van der Waals surface area contributed by atoms with Gasteiger partial charge >= 0.3 is 0 Å².